The molecule has 0 aromatic carbocycles. The minimum atomic E-state index is -3.56. The maximum Gasteiger partial charge on any atom is 0.350 e. The van der Waals surface area contributed by atoms with E-state index in [9.17, 15) is 13.2 Å². The first-order chi connectivity index (χ1) is 9.80. The van der Waals surface area contributed by atoms with Crippen LogP contribution in [-0.4, -0.2) is 54.6 Å². The highest BCUT2D eigenvalue weighted by molar-refractivity contribution is 7.92. The van der Waals surface area contributed by atoms with Gasteiger partial charge in [0.15, 0.2) is 9.84 Å². The van der Waals surface area contributed by atoms with E-state index in [1.165, 1.54) is 14.0 Å². The van der Waals surface area contributed by atoms with Gasteiger partial charge in [-0.2, -0.15) is 0 Å². The molecule has 0 unspecified atom stereocenters. The van der Waals surface area contributed by atoms with Gasteiger partial charge in [0.2, 0.25) is 0 Å². The van der Waals surface area contributed by atoms with E-state index in [2.05, 4.69) is 4.74 Å². The maximum atomic E-state index is 12.3. The number of thiophene rings is 1. The standard InChI is InChI=1S/C12H20N2O5S2/c1-5-21(16,17)10-8(13)9(12(15)19-4)20-11(10)14(2)6-7-18-3/h5-7,13H2,1-4H3. The summed E-state index contributed by atoms with van der Waals surface area (Å²) in [5.41, 5.74) is 5.83. The molecule has 2 N–H and O–H groups in total. The number of anilines is 2. The van der Waals surface area contributed by atoms with Crippen molar-refractivity contribution in [3.8, 4) is 0 Å². The summed E-state index contributed by atoms with van der Waals surface area (Å²) in [6.07, 6.45) is 0. The molecule has 0 spiro atoms. The molecular weight excluding hydrogens is 316 g/mol. The molecule has 0 amide bonds. The predicted octanol–water partition coefficient (Wildman–Crippen LogP) is 0.993. The Morgan fingerprint density at radius 1 is 1.38 bits per heavy atom. The molecule has 1 aromatic rings. The molecule has 1 rings (SSSR count). The molecule has 0 radical (unpaired) electrons. The average Bonchev–Trinajstić information content (AvgIpc) is 2.82. The number of sulfone groups is 1. The van der Waals surface area contributed by atoms with Crippen LogP contribution in [0.2, 0.25) is 0 Å². The number of hydrogen-bond donors (Lipinski definition) is 1. The smallest absolute Gasteiger partial charge is 0.350 e. The van der Waals surface area contributed by atoms with Gasteiger partial charge in [-0.3, -0.25) is 0 Å². The predicted molar refractivity (Wildman–Crippen MR) is 82.9 cm³/mol. The van der Waals surface area contributed by atoms with Crippen molar-refractivity contribution in [1.82, 2.24) is 0 Å². The number of hydrogen-bond acceptors (Lipinski definition) is 8. The van der Waals surface area contributed by atoms with Crippen molar-refractivity contribution >= 4 is 37.8 Å². The van der Waals surface area contributed by atoms with Gasteiger partial charge in [-0.1, -0.05) is 6.92 Å². The minimum absolute atomic E-state index is 0.00555. The van der Waals surface area contributed by atoms with Crippen LogP contribution in [-0.2, 0) is 19.3 Å². The van der Waals surface area contributed by atoms with Crippen molar-refractivity contribution in [3.05, 3.63) is 4.88 Å². The van der Waals surface area contributed by atoms with Gasteiger partial charge in [0, 0.05) is 20.7 Å². The number of rotatable bonds is 7. The number of nitrogens with two attached hydrogens (primary N) is 1. The first kappa shape index (κ1) is 17.7. The fraction of sp³-hybridized carbons (Fsp3) is 0.583. The summed E-state index contributed by atoms with van der Waals surface area (Å²) in [6.45, 7) is 2.43. The summed E-state index contributed by atoms with van der Waals surface area (Å²) in [4.78, 5) is 13.5. The molecule has 1 heterocycles. The van der Waals surface area contributed by atoms with Crippen molar-refractivity contribution < 1.29 is 22.7 Å². The summed E-state index contributed by atoms with van der Waals surface area (Å²) < 4.78 is 34.2. The first-order valence-corrected chi connectivity index (χ1v) is 8.70. The number of likely N-dealkylation sites (N-methyl/N-ethyl adjacent to an activating group) is 1. The van der Waals surface area contributed by atoms with E-state index >= 15 is 0 Å². The summed E-state index contributed by atoms with van der Waals surface area (Å²) in [6, 6.07) is 0. The van der Waals surface area contributed by atoms with Gasteiger partial charge in [-0.15, -0.1) is 11.3 Å². The Morgan fingerprint density at radius 2 is 2.00 bits per heavy atom. The molecule has 0 saturated heterocycles. The third-order valence-corrected chi connectivity index (χ3v) is 6.15. The second-order valence-corrected chi connectivity index (χ2v) is 7.50. The molecule has 21 heavy (non-hydrogen) atoms. The highest BCUT2D eigenvalue weighted by Crippen LogP contribution is 2.41. The molecule has 7 nitrogen and oxygen atoms in total. The van der Waals surface area contributed by atoms with Crippen LogP contribution >= 0.6 is 11.3 Å². The number of esters is 1. The van der Waals surface area contributed by atoms with Gasteiger partial charge < -0.3 is 20.1 Å². The summed E-state index contributed by atoms with van der Waals surface area (Å²) in [7, 11) is 0.949. The Labute approximate surface area is 128 Å². The molecule has 120 valence electrons. The Kier molecular flexibility index (Phi) is 5.99. The number of carbonyl (C=O) groups excluding carboxylic acids is 1. The lowest BCUT2D eigenvalue weighted by Crippen LogP contribution is -2.23. The van der Waals surface area contributed by atoms with Crippen molar-refractivity contribution in [2.75, 3.05) is 50.8 Å². The van der Waals surface area contributed by atoms with Crippen LogP contribution < -0.4 is 10.6 Å². The Bertz CT molecular complexity index is 609. The summed E-state index contributed by atoms with van der Waals surface area (Å²) >= 11 is 1.01. The number of ether oxygens (including phenoxy) is 2. The largest absolute Gasteiger partial charge is 0.465 e. The molecule has 1 aromatic heterocycles. The van der Waals surface area contributed by atoms with Crippen LogP contribution in [0.25, 0.3) is 0 Å². The quantitative estimate of drug-likeness (QED) is 0.741. The van der Waals surface area contributed by atoms with Crippen molar-refractivity contribution in [1.29, 1.82) is 0 Å². The van der Waals surface area contributed by atoms with Gasteiger partial charge >= 0.3 is 5.97 Å². The molecule has 0 aliphatic heterocycles. The maximum absolute atomic E-state index is 12.3. The van der Waals surface area contributed by atoms with Crippen molar-refractivity contribution in [2.24, 2.45) is 0 Å². The highest BCUT2D eigenvalue weighted by Gasteiger charge is 2.30. The van der Waals surface area contributed by atoms with Crippen LogP contribution in [0.1, 0.15) is 16.6 Å². The molecule has 0 bridgehead atoms. The molecule has 0 saturated carbocycles. The monoisotopic (exact) mass is 336 g/mol. The Balaban J connectivity index is 3.44. The Morgan fingerprint density at radius 3 is 2.48 bits per heavy atom. The first-order valence-electron chi connectivity index (χ1n) is 6.23. The second-order valence-electron chi connectivity index (χ2n) is 4.29. The van der Waals surface area contributed by atoms with E-state index in [0.29, 0.717) is 18.2 Å². The van der Waals surface area contributed by atoms with E-state index in [-0.39, 0.29) is 21.2 Å². The third kappa shape index (κ3) is 3.66. The summed E-state index contributed by atoms with van der Waals surface area (Å²) in [5, 5.41) is 0.423. The molecule has 0 atom stereocenters. The molecule has 0 fully saturated rings. The van der Waals surface area contributed by atoms with E-state index in [4.69, 9.17) is 10.5 Å². The van der Waals surface area contributed by atoms with Crippen molar-refractivity contribution in [2.45, 2.75) is 11.8 Å². The zero-order valence-corrected chi connectivity index (χ0v) is 14.1. The zero-order chi connectivity index (χ0) is 16.2. The molecular formula is C12H20N2O5S2. The van der Waals surface area contributed by atoms with E-state index in [1.54, 1.807) is 19.1 Å². The average molecular weight is 336 g/mol. The lowest BCUT2D eigenvalue weighted by molar-refractivity contribution is 0.0607. The summed E-state index contributed by atoms with van der Waals surface area (Å²) in [5.74, 6) is -0.740. The number of nitrogen functional groups attached to an aromatic ring is 1. The fourth-order valence-electron chi connectivity index (χ4n) is 1.69. The highest BCUT2D eigenvalue weighted by atomic mass is 32.2. The SMILES string of the molecule is CCS(=O)(=O)c1c(N(C)CCOC)sc(C(=O)OC)c1N. The van der Waals surface area contributed by atoms with Gasteiger partial charge in [-0.25, -0.2) is 13.2 Å². The van der Waals surface area contributed by atoms with E-state index in [0.717, 1.165) is 11.3 Å². The normalized spacial score (nSPS) is 11.4. The molecule has 9 heteroatoms. The Hall–Kier alpha value is -1.32. The second kappa shape index (κ2) is 7.10. The lowest BCUT2D eigenvalue weighted by atomic mass is 10.4. The number of nitrogens with zero attached hydrogens (tertiary/aromatic N) is 1. The third-order valence-electron chi connectivity index (χ3n) is 2.92. The van der Waals surface area contributed by atoms with Gasteiger partial charge in [0.1, 0.15) is 14.8 Å². The van der Waals surface area contributed by atoms with Crippen molar-refractivity contribution in [3.63, 3.8) is 0 Å². The van der Waals surface area contributed by atoms with E-state index in [1.807, 2.05) is 0 Å². The van der Waals surface area contributed by atoms with Gasteiger partial charge in [-0.05, 0) is 0 Å². The van der Waals surface area contributed by atoms with Crippen LogP contribution in [0.3, 0.4) is 0 Å². The van der Waals surface area contributed by atoms with Crippen LogP contribution in [0, 0.1) is 0 Å². The minimum Gasteiger partial charge on any atom is -0.465 e. The van der Waals surface area contributed by atoms with Gasteiger partial charge in [0.25, 0.3) is 0 Å². The lowest BCUT2D eigenvalue weighted by Gasteiger charge is -2.18. The van der Waals surface area contributed by atoms with Crippen LogP contribution in [0.5, 0.6) is 0 Å². The van der Waals surface area contributed by atoms with Crippen LogP contribution in [0.4, 0.5) is 10.7 Å². The molecule has 0 aliphatic carbocycles. The van der Waals surface area contributed by atoms with E-state index < -0.39 is 15.8 Å². The van der Waals surface area contributed by atoms with Gasteiger partial charge in [0.05, 0.1) is 25.2 Å². The van der Waals surface area contributed by atoms with Crippen LogP contribution in [0.15, 0.2) is 4.90 Å². The fourth-order valence-corrected chi connectivity index (χ4v) is 4.43. The molecule has 0 aliphatic rings. The topological polar surface area (TPSA) is 98.9 Å². The number of carbonyl (C=O) groups is 1. The zero-order valence-electron chi connectivity index (χ0n) is 12.5. The number of methoxy groups -OCH3 is 2.